The highest BCUT2D eigenvalue weighted by molar-refractivity contribution is 7.12. The van der Waals surface area contributed by atoms with Crippen LogP contribution in [0.4, 0.5) is 0 Å². The van der Waals surface area contributed by atoms with Gasteiger partial charge in [0.05, 0.1) is 6.54 Å². The largest absolute Gasteiger partial charge is 0.484 e. The van der Waals surface area contributed by atoms with Crippen molar-refractivity contribution in [1.29, 1.82) is 0 Å². The Balaban J connectivity index is 1.48. The number of carbonyl (C=O) groups excluding carboxylic acids is 1. The number of aryl methyl sites for hydroxylation is 1. The summed E-state index contributed by atoms with van der Waals surface area (Å²) < 4.78 is 5.46. The lowest BCUT2D eigenvalue weighted by atomic mass is 10.1. The number of rotatable bonds is 7. The van der Waals surface area contributed by atoms with Gasteiger partial charge >= 0.3 is 0 Å². The Morgan fingerprint density at radius 1 is 1.08 bits per heavy atom. The van der Waals surface area contributed by atoms with Crippen LogP contribution in [0, 0.1) is 6.92 Å². The van der Waals surface area contributed by atoms with Gasteiger partial charge in [0.25, 0.3) is 5.91 Å². The summed E-state index contributed by atoms with van der Waals surface area (Å²) in [6.07, 6.45) is -0.643. The van der Waals surface area contributed by atoms with E-state index in [0.717, 1.165) is 20.9 Å². The molecule has 0 spiro atoms. The minimum absolute atomic E-state index is 0.0199. The van der Waals surface area contributed by atoms with Gasteiger partial charge in [0, 0.05) is 9.75 Å². The molecule has 0 aliphatic heterocycles. The molecule has 0 saturated heterocycles. The quantitative estimate of drug-likeness (QED) is 0.667. The summed E-state index contributed by atoms with van der Waals surface area (Å²) in [6.45, 7) is 2.40. The number of carbonyl (C=O) groups is 1. The first-order valence-corrected chi connectivity index (χ1v) is 9.21. The molecule has 5 heteroatoms. The van der Waals surface area contributed by atoms with Gasteiger partial charge in [-0.05, 0) is 36.8 Å². The molecule has 1 amide bonds. The minimum atomic E-state index is -0.643. The van der Waals surface area contributed by atoms with Crippen molar-refractivity contribution in [2.75, 3.05) is 6.61 Å². The van der Waals surface area contributed by atoms with Crippen LogP contribution in [0.5, 0.6) is 5.75 Å². The average molecular weight is 367 g/mol. The Kier molecular flexibility index (Phi) is 6.04. The van der Waals surface area contributed by atoms with Gasteiger partial charge in [-0.15, -0.1) is 11.3 Å². The Morgan fingerprint density at radius 3 is 2.54 bits per heavy atom. The maximum atomic E-state index is 11.9. The normalized spacial score (nSPS) is 11.8. The molecular formula is C21H21NO3S. The molecule has 1 heterocycles. The number of aliphatic hydroxyl groups is 1. The second kappa shape index (κ2) is 8.65. The van der Waals surface area contributed by atoms with E-state index in [9.17, 15) is 9.90 Å². The molecule has 3 rings (SSSR count). The third kappa shape index (κ3) is 4.94. The predicted octanol–water partition coefficient (Wildman–Crippen LogP) is 3.83. The molecule has 2 N–H and O–H groups in total. The lowest BCUT2D eigenvalue weighted by Gasteiger charge is -2.08. The van der Waals surface area contributed by atoms with Crippen LogP contribution in [-0.2, 0) is 11.3 Å². The maximum Gasteiger partial charge on any atom is 0.258 e. The number of aliphatic hydroxyl groups excluding tert-OH is 1. The van der Waals surface area contributed by atoms with Gasteiger partial charge in [0.1, 0.15) is 11.9 Å². The van der Waals surface area contributed by atoms with Crippen LogP contribution in [0.2, 0.25) is 0 Å². The molecule has 3 aromatic rings. The van der Waals surface area contributed by atoms with Crippen LogP contribution in [0.3, 0.4) is 0 Å². The van der Waals surface area contributed by atoms with E-state index in [1.165, 1.54) is 11.3 Å². The van der Waals surface area contributed by atoms with Crippen molar-refractivity contribution in [2.24, 2.45) is 0 Å². The third-order valence-corrected chi connectivity index (χ3v) is 5.06. The number of benzene rings is 2. The van der Waals surface area contributed by atoms with Crippen LogP contribution in [-0.4, -0.2) is 17.6 Å². The average Bonchev–Trinajstić information content (AvgIpc) is 3.15. The molecule has 0 fully saturated rings. The summed E-state index contributed by atoms with van der Waals surface area (Å²) in [5, 5.41) is 13.3. The number of amides is 1. The molecule has 134 valence electrons. The summed E-state index contributed by atoms with van der Waals surface area (Å²) in [5.74, 6) is 0.499. The lowest BCUT2D eigenvalue weighted by Crippen LogP contribution is -2.28. The third-order valence-electron chi connectivity index (χ3n) is 3.92. The van der Waals surface area contributed by atoms with Crippen molar-refractivity contribution < 1.29 is 14.6 Å². The van der Waals surface area contributed by atoms with Gasteiger partial charge < -0.3 is 15.2 Å². The highest BCUT2D eigenvalue weighted by Crippen LogP contribution is 2.28. The van der Waals surface area contributed by atoms with Crippen LogP contribution in [0.1, 0.15) is 27.0 Å². The highest BCUT2D eigenvalue weighted by Gasteiger charge is 2.13. The molecule has 1 aromatic heterocycles. The van der Waals surface area contributed by atoms with Gasteiger partial charge in [-0.3, -0.25) is 4.79 Å². The van der Waals surface area contributed by atoms with E-state index in [2.05, 4.69) is 5.32 Å². The van der Waals surface area contributed by atoms with E-state index < -0.39 is 6.10 Å². The van der Waals surface area contributed by atoms with Crippen molar-refractivity contribution in [3.8, 4) is 5.75 Å². The van der Waals surface area contributed by atoms with E-state index in [1.54, 1.807) is 0 Å². The number of hydrogen-bond donors (Lipinski definition) is 2. The number of nitrogens with one attached hydrogen (secondary N) is 1. The number of ether oxygens (including phenoxy) is 1. The molecule has 0 bridgehead atoms. The molecule has 26 heavy (non-hydrogen) atoms. The zero-order valence-corrected chi connectivity index (χ0v) is 15.3. The van der Waals surface area contributed by atoms with Crippen molar-refractivity contribution in [3.63, 3.8) is 0 Å². The molecule has 2 aromatic carbocycles. The second-order valence-corrected chi connectivity index (χ2v) is 7.20. The molecule has 1 unspecified atom stereocenters. The maximum absolute atomic E-state index is 11.9. The summed E-state index contributed by atoms with van der Waals surface area (Å²) >= 11 is 1.49. The Bertz CT molecular complexity index is 843. The van der Waals surface area contributed by atoms with Crippen LogP contribution in [0.25, 0.3) is 0 Å². The molecule has 4 nitrogen and oxygen atoms in total. The minimum Gasteiger partial charge on any atom is -0.484 e. The number of thiophene rings is 1. The molecule has 0 aliphatic rings. The van der Waals surface area contributed by atoms with Crippen molar-refractivity contribution >= 4 is 17.2 Å². The van der Waals surface area contributed by atoms with E-state index in [4.69, 9.17) is 4.74 Å². The standard InChI is InChI=1S/C21H21NO3S/c1-15-7-9-17(10-8-15)25-14-20(23)22-13-18-11-12-19(26-18)21(24)16-5-3-2-4-6-16/h2-12,21,24H,13-14H2,1H3,(H,22,23). The summed E-state index contributed by atoms with van der Waals surface area (Å²) in [6, 6.07) is 20.9. The Morgan fingerprint density at radius 2 is 1.81 bits per heavy atom. The Labute approximate surface area is 157 Å². The monoisotopic (exact) mass is 367 g/mol. The van der Waals surface area contributed by atoms with Crippen LogP contribution < -0.4 is 10.1 Å². The van der Waals surface area contributed by atoms with E-state index in [-0.39, 0.29) is 12.5 Å². The van der Waals surface area contributed by atoms with Crippen LogP contribution >= 0.6 is 11.3 Å². The first kappa shape index (κ1) is 18.2. The summed E-state index contributed by atoms with van der Waals surface area (Å²) in [4.78, 5) is 13.8. The lowest BCUT2D eigenvalue weighted by molar-refractivity contribution is -0.123. The molecule has 0 saturated carbocycles. The molecular weight excluding hydrogens is 346 g/mol. The van der Waals surface area contributed by atoms with E-state index in [0.29, 0.717) is 12.3 Å². The zero-order chi connectivity index (χ0) is 18.4. The Hall–Kier alpha value is -2.63. The van der Waals surface area contributed by atoms with E-state index >= 15 is 0 Å². The van der Waals surface area contributed by atoms with Gasteiger partial charge in [0.2, 0.25) is 0 Å². The summed E-state index contributed by atoms with van der Waals surface area (Å²) in [5.41, 5.74) is 2.00. The fourth-order valence-electron chi connectivity index (χ4n) is 2.46. The fourth-order valence-corrected chi connectivity index (χ4v) is 3.42. The van der Waals surface area contributed by atoms with Gasteiger partial charge in [0.15, 0.2) is 6.61 Å². The first-order chi connectivity index (χ1) is 12.6. The highest BCUT2D eigenvalue weighted by atomic mass is 32.1. The van der Waals surface area contributed by atoms with Gasteiger partial charge in [-0.25, -0.2) is 0 Å². The summed E-state index contributed by atoms with van der Waals surface area (Å²) in [7, 11) is 0. The van der Waals surface area contributed by atoms with Gasteiger partial charge in [-0.1, -0.05) is 48.0 Å². The molecule has 1 atom stereocenters. The first-order valence-electron chi connectivity index (χ1n) is 8.39. The van der Waals surface area contributed by atoms with Crippen molar-refractivity contribution in [1.82, 2.24) is 5.32 Å². The van der Waals surface area contributed by atoms with E-state index in [1.807, 2.05) is 73.7 Å². The van der Waals surface area contributed by atoms with Crippen molar-refractivity contribution in [2.45, 2.75) is 19.6 Å². The smallest absolute Gasteiger partial charge is 0.258 e. The molecule has 0 aliphatic carbocycles. The zero-order valence-electron chi connectivity index (χ0n) is 14.5. The number of hydrogen-bond acceptors (Lipinski definition) is 4. The molecule has 0 radical (unpaired) electrons. The topological polar surface area (TPSA) is 58.6 Å². The SMILES string of the molecule is Cc1ccc(OCC(=O)NCc2ccc(C(O)c3ccccc3)s2)cc1. The second-order valence-electron chi connectivity index (χ2n) is 6.00. The predicted molar refractivity (Wildman–Crippen MR) is 103 cm³/mol. The van der Waals surface area contributed by atoms with Crippen LogP contribution in [0.15, 0.2) is 66.7 Å². The van der Waals surface area contributed by atoms with Gasteiger partial charge in [-0.2, -0.15) is 0 Å². The van der Waals surface area contributed by atoms with Crippen molar-refractivity contribution in [3.05, 3.63) is 87.6 Å². The fraction of sp³-hybridized carbons (Fsp3) is 0.190.